The number of thiophene rings is 1. The summed E-state index contributed by atoms with van der Waals surface area (Å²) in [6, 6.07) is 63.2. The number of nitrogens with zero attached hydrogens (tertiary/aromatic N) is 1. The zero-order valence-corrected chi connectivity index (χ0v) is 27.3. The van der Waals surface area contributed by atoms with Gasteiger partial charge in [0.2, 0.25) is 0 Å². The fraction of sp³-hybridized carbons (Fsp3) is 0. The topological polar surface area (TPSA) is 16.4 Å². The molecule has 8 aromatic carbocycles. The minimum atomic E-state index is 0.884. The molecule has 10 aromatic rings. The second-order valence-corrected chi connectivity index (χ2v) is 13.6. The van der Waals surface area contributed by atoms with Gasteiger partial charge in [-0.15, -0.1) is 11.3 Å². The highest BCUT2D eigenvalue weighted by Crippen LogP contribution is 2.46. The van der Waals surface area contributed by atoms with E-state index in [9.17, 15) is 0 Å². The number of furan rings is 1. The Morgan fingerprint density at radius 3 is 2.02 bits per heavy atom. The molecule has 3 heteroatoms. The number of benzene rings is 8. The van der Waals surface area contributed by atoms with E-state index in [-0.39, 0.29) is 0 Å². The number of anilines is 3. The average Bonchev–Trinajstić information content (AvgIpc) is 3.74. The zero-order valence-electron chi connectivity index (χ0n) is 26.5. The number of rotatable bonds is 5. The monoisotopic (exact) mass is 643 g/mol. The molecule has 0 aliphatic carbocycles. The second kappa shape index (κ2) is 11.2. The molecule has 0 fully saturated rings. The van der Waals surface area contributed by atoms with E-state index < -0.39 is 0 Å². The van der Waals surface area contributed by atoms with Crippen molar-refractivity contribution in [3.05, 3.63) is 176 Å². The first-order valence-electron chi connectivity index (χ1n) is 16.6. The minimum absolute atomic E-state index is 0.884. The first kappa shape index (κ1) is 27.9. The van der Waals surface area contributed by atoms with Gasteiger partial charge in [-0.05, 0) is 81.6 Å². The third kappa shape index (κ3) is 4.62. The van der Waals surface area contributed by atoms with Gasteiger partial charge in [0.15, 0.2) is 0 Å². The SMILES string of the molecule is c1ccc(-c2cccc3ccc(-c4ccc(N(c5ccc6c(c5)oc5ccccc56)c5cccc6c5sc5ccccc56)cc4)cc23)cc1. The Labute approximate surface area is 287 Å². The van der Waals surface area contributed by atoms with Crippen LogP contribution in [-0.2, 0) is 0 Å². The summed E-state index contributed by atoms with van der Waals surface area (Å²) >= 11 is 1.85. The molecule has 0 atom stereocenters. The van der Waals surface area contributed by atoms with E-state index in [4.69, 9.17) is 4.42 Å². The van der Waals surface area contributed by atoms with E-state index in [1.807, 2.05) is 23.5 Å². The van der Waals surface area contributed by atoms with Crippen LogP contribution in [0, 0.1) is 0 Å². The third-order valence-electron chi connectivity index (χ3n) is 9.67. The van der Waals surface area contributed by atoms with Gasteiger partial charge in [-0.3, -0.25) is 0 Å². The van der Waals surface area contributed by atoms with Gasteiger partial charge < -0.3 is 9.32 Å². The van der Waals surface area contributed by atoms with Crippen molar-refractivity contribution >= 4 is 81.3 Å². The average molecular weight is 644 g/mol. The van der Waals surface area contributed by atoms with Crippen molar-refractivity contribution in [1.29, 1.82) is 0 Å². The third-order valence-corrected chi connectivity index (χ3v) is 10.9. The van der Waals surface area contributed by atoms with Crippen LogP contribution in [0.15, 0.2) is 180 Å². The number of para-hydroxylation sites is 1. The van der Waals surface area contributed by atoms with E-state index in [2.05, 4.69) is 169 Å². The lowest BCUT2D eigenvalue weighted by Gasteiger charge is -2.26. The van der Waals surface area contributed by atoms with Crippen LogP contribution in [0.4, 0.5) is 17.1 Å². The molecule has 0 spiro atoms. The molecular formula is C46H29NOS. The molecule has 0 radical (unpaired) electrons. The summed E-state index contributed by atoms with van der Waals surface area (Å²) < 4.78 is 8.94. The summed E-state index contributed by atoms with van der Waals surface area (Å²) in [4.78, 5) is 2.38. The number of fused-ring (bicyclic) bond motifs is 7. The Hall–Kier alpha value is -6.16. The molecule has 0 saturated carbocycles. The van der Waals surface area contributed by atoms with Gasteiger partial charge >= 0.3 is 0 Å². The highest BCUT2D eigenvalue weighted by Gasteiger charge is 2.20. The standard InChI is InChI=1S/C46H29NOS/c1-2-10-31(11-3-1)36-15-8-12-32-20-21-33(28-41(32)36)30-22-24-34(25-23-30)47(35-26-27-38-37-13-4-6-18-43(37)48-44(38)29-35)42-17-9-16-40-39-14-5-7-19-45(39)49-46(40)42/h1-29H. The Morgan fingerprint density at radius 2 is 1.12 bits per heavy atom. The maximum absolute atomic E-state index is 6.38. The summed E-state index contributed by atoms with van der Waals surface area (Å²) in [5.41, 5.74) is 9.95. The summed E-state index contributed by atoms with van der Waals surface area (Å²) in [6.45, 7) is 0. The Morgan fingerprint density at radius 1 is 0.408 bits per heavy atom. The highest BCUT2D eigenvalue weighted by molar-refractivity contribution is 7.26. The van der Waals surface area contributed by atoms with Crippen molar-refractivity contribution in [3.63, 3.8) is 0 Å². The summed E-state index contributed by atoms with van der Waals surface area (Å²) in [7, 11) is 0. The Bertz CT molecular complexity index is 2830. The van der Waals surface area contributed by atoms with E-state index >= 15 is 0 Å². The predicted molar refractivity (Wildman–Crippen MR) is 210 cm³/mol. The number of hydrogen-bond donors (Lipinski definition) is 0. The van der Waals surface area contributed by atoms with Crippen molar-refractivity contribution in [3.8, 4) is 22.3 Å². The molecule has 0 bridgehead atoms. The first-order valence-corrected chi connectivity index (χ1v) is 17.4. The number of hydrogen-bond acceptors (Lipinski definition) is 3. The minimum Gasteiger partial charge on any atom is -0.456 e. The normalized spacial score (nSPS) is 11.7. The first-order chi connectivity index (χ1) is 24.3. The van der Waals surface area contributed by atoms with Crippen LogP contribution in [0.1, 0.15) is 0 Å². The van der Waals surface area contributed by atoms with Crippen molar-refractivity contribution in [2.45, 2.75) is 0 Å². The molecule has 0 unspecified atom stereocenters. The van der Waals surface area contributed by atoms with Gasteiger partial charge in [0.25, 0.3) is 0 Å². The molecule has 2 nitrogen and oxygen atoms in total. The largest absolute Gasteiger partial charge is 0.456 e. The van der Waals surface area contributed by atoms with Gasteiger partial charge in [0, 0.05) is 43.7 Å². The van der Waals surface area contributed by atoms with Crippen molar-refractivity contribution in [2.24, 2.45) is 0 Å². The molecule has 49 heavy (non-hydrogen) atoms. The van der Waals surface area contributed by atoms with Gasteiger partial charge in [-0.1, -0.05) is 121 Å². The van der Waals surface area contributed by atoms with Gasteiger partial charge in [0.05, 0.1) is 10.4 Å². The zero-order chi connectivity index (χ0) is 32.3. The van der Waals surface area contributed by atoms with Crippen LogP contribution >= 0.6 is 11.3 Å². The molecular weight excluding hydrogens is 615 g/mol. The molecule has 2 aromatic heterocycles. The quantitative estimate of drug-likeness (QED) is 0.186. The van der Waals surface area contributed by atoms with Crippen LogP contribution in [0.25, 0.3) is 75.1 Å². The lowest BCUT2D eigenvalue weighted by Crippen LogP contribution is -2.10. The summed E-state index contributed by atoms with van der Waals surface area (Å²) in [6.07, 6.45) is 0. The van der Waals surface area contributed by atoms with Crippen molar-refractivity contribution < 1.29 is 4.42 Å². The molecule has 0 saturated heterocycles. The summed E-state index contributed by atoms with van der Waals surface area (Å²) in [5, 5.41) is 7.32. The van der Waals surface area contributed by atoms with Gasteiger partial charge in [-0.25, -0.2) is 0 Å². The van der Waals surface area contributed by atoms with E-state index in [1.54, 1.807) is 0 Å². The second-order valence-electron chi connectivity index (χ2n) is 12.5. The Balaban J connectivity index is 1.13. The highest BCUT2D eigenvalue weighted by atomic mass is 32.1. The van der Waals surface area contributed by atoms with Crippen LogP contribution in [0.2, 0.25) is 0 Å². The molecule has 10 rings (SSSR count). The van der Waals surface area contributed by atoms with Gasteiger partial charge in [-0.2, -0.15) is 0 Å². The molecule has 0 N–H and O–H groups in total. The maximum Gasteiger partial charge on any atom is 0.137 e. The van der Waals surface area contributed by atoms with E-state index in [0.29, 0.717) is 0 Å². The molecule has 230 valence electrons. The van der Waals surface area contributed by atoms with Crippen LogP contribution in [-0.4, -0.2) is 0 Å². The van der Waals surface area contributed by atoms with Crippen LogP contribution in [0.5, 0.6) is 0 Å². The fourth-order valence-electron chi connectivity index (χ4n) is 7.31. The predicted octanol–water partition coefficient (Wildman–Crippen LogP) is 13.9. The smallest absolute Gasteiger partial charge is 0.137 e. The van der Waals surface area contributed by atoms with Crippen molar-refractivity contribution in [2.75, 3.05) is 4.90 Å². The van der Waals surface area contributed by atoms with E-state index in [1.165, 1.54) is 53.2 Å². The Kier molecular flexibility index (Phi) is 6.39. The van der Waals surface area contributed by atoms with Gasteiger partial charge in [0.1, 0.15) is 11.2 Å². The molecule has 2 heterocycles. The fourth-order valence-corrected chi connectivity index (χ4v) is 8.52. The molecule has 0 aliphatic rings. The van der Waals surface area contributed by atoms with Crippen molar-refractivity contribution in [1.82, 2.24) is 0 Å². The maximum atomic E-state index is 6.38. The van der Waals surface area contributed by atoms with Crippen LogP contribution < -0.4 is 4.90 Å². The lowest BCUT2D eigenvalue weighted by atomic mass is 9.95. The lowest BCUT2D eigenvalue weighted by molar-refractivity contribution is 0.669. The van der Waals surface area contributed by atoms with Crippen LogP contribution in [0.3, 0.4) is 0 Å². The van der Waals surface area contributed by atoms with E-state index in [0.717, 1.165) is 39.0 Å². The summed E-state index contributed by atoms with van der Waals surface area (Å²) in [5.74, 6) is 0. The molecule has 0 amide bonds. The molecule has 0 aliphatic heterocycles.